The molecule has 0 bridgehead atoms. The maximum absolute atomic E-state index is 5.75. The fourth-order valence-electron chi connectivity index (χ4n) is 1.25. The maximum atomic E-state index is 5.75. The minimum atomic E-state index is 0.700. The van der Waals surface area contributed by atoms with Crippen molar-refractivity contribution >= 4 is 37.5 Å². The van der Waals surface area contributed by atoms with E-state index >= 15 is 0 Å². The zero-order chi connectivity index (χ0) is 11.5. The van der Waals surface area contributed by atoms with E-state index < -0.39 is 0 Å². The predicted octanol–water partition coefficient (Wildman–Crippen LogP) is 4.59. The second-order valence-corrected chi connectivity index (χ2v) is 4.93. The Morgan fingerprint density at radius 3 is 2.25 bits per heavy atom. The third-order valence-electron chi connectivity index (χ3n) is 2.01. The van der Waals surface area contributed by atoms with Gasteiger partial charge in [0.05, 0.1) is 8.95 Å². The molecule has 0 spiro atoms. The number of nitrogens with two attached hydrogens (primary N) is 1. The molecule has 0 heterocycles. The molecule has 0 saturated carbocycles. The minimum Gasteiger partial charge on any atom is -0.455 e. The summed E-state index contributed by atoms with van der Waals surface area (Å²) in [6, 6.07) is 13.1. The highest BCUT2D eigenvalue weighted by molar-refractivity contribution is 9.11. The Bertz CT molecular complexity index is 514. The molecule has 2 aromatic rings. The summed E-state index contributed by atoms with van der Waals surface area (Å²) in [5.41, 5.74) is 6.36. The second kappa shape index (κ2) is 4.89. The Kier molecular flexibility index (Phi) is 3.51. The normalized spacial score (nSPS) is 10.1. The van der Waals surface area contributed by atoms with Crippen molar-refractivity contribution < 1.29 is 4.74 Å². The van der Waals surface area contributed by atoms with Crippen molar-refractivity contribution in [3.8, 4) is 11.5 Å². The van der Waals surface area contributed by atoms with Gasteiger partial charge in [-0.05, 0) is 62.2 Å². The van der Waals surface area contributed by atoms with Crippen LogP contribution in [-0.4, -0.2) is 0 Å². The highest BCUT2D eigenvalue weighted by Crippen LogP contribution is 2.34. The van der Waals surface area contributed by atoms with E-state index in [1.165, 1.54) is 0 Å². The summed E-state index contributed by atoms with van der Waals surface area (Å²) in [6.07, 6.45) is 0. The summed E-state index contributed by atoms with van der Waals surface area (Å²) >= 11 is 6.84. The molecule has 2 N–H and O–H groups in total. The van der Waals surface area contributed by atoms with Gasteiger partial charge >= 0.3 is 0 Å². The van der Waals surface area contributed by atoms with E-state index in [-0.39, 0.29) is 0 Å². The lowest BCUT2D eigenvalue weighted by Crippen LogP contribution is -1.89. The zero-order valence-corrected chi connectivity index (χ0v) is 11.5. The molecule has 0 aliphatic rings. The summed E-state index contributed by atoms with van der Waals surface area (Å²) in [6.45, 7) is 0. The Balaban J connectivity index is 2.31. The molecular weight excluding hydrogens is 334 g/mol. The van der Waals surface area contributed by atoms with E-state index in [4.69, 9.17) is 10.5 Å². The van der Waals surface area contributed by atoms with Crippen LogP contribution in [0.2, 0.25) is 0 Å². The van der Waals surface area contributed by atoms with Gasteiger partial charge in [-0.3, -0.25) is 0 Å². The van der Waals surface area contributed by atoms with Gasteiger partial charge < -0.3 is 10.5 Å². The Morgan fingerprint density at radius 1 is 0.875 bits per heavy atom. The molecule has 0 amide bonds. The van der Waals surface area contributed by atoms with Crippen LogP contribution >= 0.6 is 31.9 Å². The van der Waals surface area contributed by atoms with Crippen LogP contribution in [0.3, 0.4) is 0 Å². The summed E-state index contributed by atoms with van der Waals surface area (Å²) in [5.74, 6) is 1.51. The van der Waals surface area contributed by atoms with E-state index in [0.29, 0.717) is 5.69 Å². The van der Waals surface area contributed by atoms with Gasteiger partial charge in [-0.15, -0.1) is 0 Å². The number of para-hydroxylation sites is 1. The Labute approximate surface area is 111 Å². The van der Waals surface area contributed by atoms with E-state index in [9.17, 15) is 0 Å². The van der Waals surface area contributed by atoms with Crippen molar-refractivity contribution in [3.63, 3.8) is 0 Å². The molecule has 0 saturated heterocycles. The van der Waals surface area contributed by atoms with Gasteiger partial charge in [-0.1, -0.05) is 12.1 Å². The summed E-state index contributed by atoms with van der Waals surface area (Å²) in [7, 11) is 0. The molecule has 82 valence electrons. The molecule has 0 aliphatic heterocycles. The number of benzene rings is 2. The SMILES string of the molecule is Nc1ccc(Oc2ccccc2Br)c(Br)c1. The first kappa shape index (κ1) is 11.5. The average molecular weight is 343 g/mol. The lowest BCUT2D eigenvalue weighted by Gasteiger charge is -2.09. The highest BCUT2D eigenvalue weighted by Gasteiger charge is 2.05. The first-order valence-corrected chi connectivity index (χ1v) is 6.23. The lowest BCUT2D eigenvalue weighted by atomic mass is 10.3. The predicted molar refractivity (Wildman–Crippen MR) is 72.8 cm³/mol. The van der Waals surface area contributed by atoms with Gasteiger partial charge in [0.1, 0.15) is 11.5 Å². The number of hydrogen-bond donors (Lipinski definition) is 1. The van der Waals surface area contributed by atoms with Crippen LogP contribution in [-0.2, 0) is 0 Å². The van der Waals surface area contributed by atoms with Crippen LogP contribution in [0.1, 0.15) is 0 Å². The van der Waals surface area contributed by atoms with Crippen molar-refractivity contribution in [2.45, 2.75) is 0 Å². The van der Waals surface area contributed by atoms with Crippen LogP contribution in [0.25, 0.3) is 0 Å². The van der Waals surface area contributed by atoms with E-state index in [1.807, 2.05) is 36.4 Å². The fourth-order valence-corrected chi connectivity index (χ4v) is 2.09. The molecule has 0 atom stereocenters. The third-order valence-corrected chi connectivity index (χ3v) is 3.29. The van der Waals surface area contributed by atoms with E-state index in [1.54, 1.807) is 6.07 Å². The fraction of sp³-hybridized carbons (Fsp3) is 0. The van der Waals surface area contributed by atoms with Gasteiger partial charge in [0.15, 0.2) is 0 Å². The molecule has 0 radical (unpaired) electrons. The third kappa shape index (κ3) is 2.57. The molecule has 2 nitrogen and oxygen atoms in total. The van der Waals surface area contributed by atoms with Gasteiger partial charge in [0, 0.05) is 5.69 Å². The molecule has 4 heteroatoms. The average Bonchev–Trinajstić information content (AvgIpc) is 2.25. The van der Waals surface area contributed by atoms with Crippen LogP contribution in [0, 0.1) is 0 Å². The maximum Gasteiger partial charge on any atom is 0.141 e. The second-order valence-electron chi connectivity index (χ2n) is 3.22. The number of halogens is 2. The summed E-state index contributed by atoms with van der Waals surface area (Å²) in [4.78, 5) is 0. The first-order chi connectivity index (χ1) is 7.66. The van der Waals surface area contributed by atoms with Crippen molar-refractivity contribution in [1.29, 1.82) is 0 Å². The molecule has 0 aliphatic carbocycles. The Morgan fingerprint density at radius 2 is 1.56 bits per heavy atom. The van der Waals surface area contributed by atoms with Crippen LogP contribution in [0.5, 0.6) is 11.5 Å². The van der Waals surface area contributed by atoms with Gasteiger partial charge in [0.25, 0.3) is 0 Å². The van der Waals surface area contributed by atoms with Gasteiger partial charge in [-0.2, -0.15) is 0 Å². The highest BCUT2D eigenvalue weighted by atomic mass is 79.9. The summed E-state index contributed by atoms with van der Waals surface area (Å²) < 4.78 is 7.50. The molecule has 2 rings (SSSR count). The topological polar surface area (TPSA) is 35.2 Å². The largest absolute Gasteiger partial charge is 0.455 e. The van der Waals surface area contributed by atoms with Gasteiger partial charge in [0.2, 0.25) is 0 Å². The van der Waals surface area contributed by atoms with Crippen molar-refractivity contribution in [2.24, 2.45) is 0 Å². The molecule has 0 fully saturated rings. The van der Waals surface area contributed by atoms with Crippen molar-refractivity contribution in [3.05, 3.63) is 51.4 Å². The molecule has 16 heavy (non-hydrogen) atoms. The van der Waals surface area contributed by atoms with E-state index in [2.05, 4.69) is 31.9 Å². The molecule has 0 unspecified atom stereocenters. The standard InChI is InChI=1S/C12H9Br2NO/c13-9-3-1-2-4-11(9)16-12-6-5-8(15)7-10(12)14/h1-7H,15H2. The smallest absolute Gasteiger partial charge is 0.141 e. The minimum absolute atomic E-state index is 0.700. The summed E-state index contributed by atoms with van der Waals surface area (Å²) in [5, 5.41) is 0. The van der Waals surface area contributed by atoms with E-state index in [0.717, 1.165) is 20.4 Å². The van der Waals surface area contributed by atoms with Crippen LogP contribution in [0.4, 0.5) is 5.69 Å². The monoisotopic (exact) mass is 341 g/mol. The number of nitrogen functional groups attached to an aromatic ring is 1. The first-order valence-electron chi connectivity index (χ1n) is 4.64. The molecule has 0 aromatic heterocycles. The molecular formula is C12H9Br2NO. The van der Waals surface area contributed by atoms with Crippen molar-refractivity contribution in [1.82, 2.24) is 0 Å². The number of rotatable bonds is 2. The Hall–Kier alpha value is -1.000. The zero-order valence-electron chi connectivity index (χ0n) is 8.28. The quantitative estimate of drug-likeness (QED) is 0.810. The lowest BCUT2D eigenvalue weighted by molar-refractivity contribution is 0.477. The van der Waals surface area contributed by atoms with Crippen LogP contribution < -0.4 is 10.5 Å². The number of hydrogen-bond acceptors (Lipinski definition) is 2. The number of ether oxygens (including phenoxy) is 1. The molecule has 2 aromatic carbocycles. The van der Waals surface area contributed by atoms with Gasteiger partial charge in [-0.25, -0.2) is 0 Å². The number of anilines is 1. The van der Waals surface area contributed by atoms with Crippen LogP contribution in [0.15, 0.2) is 51.4 Å². The van der Waals surface area contributed by atoms with Crippen molar-refractivity contribution in [2.75, 3.05) is 5.73 Å².